The van der Waals surface area contributed by atoms with Crippen LogP contribution in [0.3, 0.4) is 0 Å². The molecule has 0 bridgehead atoms. The Morgan fingerprint density at radius 1 is 1.47 bits per heavy atom. The molecule has 1 heterocycles. The zero-order chi connectivity index (χ0) is 12.7. The first-order chi connectivity index (χ1) is 8.09. The molecule has 0 aliphatic heterocycles. The maximum absolute atomic E-state index is 11.4. The van der Waals surface area contributed by atoms with Gasteiger partial charge in [-0.05, 0) is 19.1 Å². The summed E-state index contributed by atoms with van der Waals surface area (Å²) in [4.78, 5) is 22.6. The van der Waals surface area contributed by atoms with Crippen LogP contribution in [0.5, 0.6) is 0 Å². The van der Waals surface area contributed by atoms with Gasteiger partial charge in [0.05, 0.1) is 12.4 Å². The zero-order valence-electron chi connectivity index (χ0n) is 9.60. The smallest absolute Gasteiger partial charge is 0.286 e. The van der Waals surface area contributed by atoms with Crippen LogP contribution in [0.15, 0.2) is 22.8 Å². The molecule has 0 saturated carbocycles. The van der Waals surface area contributed by atoms with E-state index in [1.807, 2.05) is 0 Å². The summed E-state index contributed by atoms with van der Waals surface area (Å²) in [5, 5.41) is 14.0. The van der Waals surface area contributed by atoms with Gasteiger partial charge < -0.3 is 20.2 Å². The second-order valence-corrected chi connectivity index (χ2v) is 3.64. The molecule has 0 saturated heterocycles. The molecule has 1 unspecified atom stereocenters. The van der Waals surface area contributed by atoms with Crippen LogP contribution >= 0.6 is 0 Å². The van der Waals surface area contributed by atoms with Crippen LogP contribution in [0.25, 0.3) is 0 Å². The summed E-state index contributed by atoms with van der Waals surface area (Å²) < 4.78 is 4.89. The molecule has 0 aromatic carbocycles. The number of carbonyl (C=O) groups excluding carboxylic acids is 2. The highest BCUT2D eigenvalue weighted by Gasteiger charge is 2.08. The Bertz CT molecular complexity index is 360. The molecular formula is C11H16N2O4. The van der Waals surface area contributed by atoms with E-state index in [4.69, 9.17) is 9.52 Å². The van der Waals surface area contributed by atoms with Crippen molar-refractivity contribution in [1.82, 2.24) is 10.6 Å². The summed E-state index contributed by atoms with van der Waals surface area (Å²) in [6.07, 6.45) is 1.00. The van der Waals surface area contributed by atoms with Gasteiger partial charge in [0.2, 0.25) is 5.91 Å². The predicted octanol–water partition coefficient (Wildman–Crippen LogP) is -0.103. The predicted molar refractivity (Wildman–Crippen MR) is 60.3 cm³/mol. The fraction of sp³-hybridized carbons (Fsp3) is 0.455. The monoisotopic (exact) mass is 240 g/mol. The molecule has 0 aliphatic rings. The first-order valence-corrected chi connectivity index (χ1v) is 5.36. The number of hydrogen-bond acceptors (Lipinski definition) is 4. The van der Waals surface area contributed by atoms with Crippen LogP contribution in [0.2, 0.25) is 0 Å². The Labute approximate surface area is 99.0 Å². The van der Waals surface area contributed by atoms with Crippen molar-refractivity contribution in [2.24, 2.45) is 0 Å². The van der Waals surface area contributed by atoms with E-state index in [-0.39, 0.29) is 37.1 Å². The normalized spacial score (nSPS) is 11.9. The molecule has 3 N–H and O–H groups in total. The van der Waals surface area contributed by atoms with Gasteiger partial charge in [-0.25, -0.2) is 0 Å². The van der Waals surface area contributed by atoms with Crippen molar-refractivity contribution in [3.63, 3.8) is 0 Å². The number of aliphatic hydroxyl groups excluding tert-OH is 1. The van der Waals surface area contributed by atoms with Crippen molar-refractivity contribution >= 4 is 11.8 Å². The number of aliphatic hydroxyl groups is 1. The quantitative estimate of drug-likeness (QED) is 0.647. The van der Waals surface area contributed by atoms with Crippen molar-refractivity contribution in [3.05, 3.63) is 24.2 Å². The first-order valence-electron chi connectivity index (χ1n) is 5.36. The fourth-order valence-corrected chi connectivity index (χ4v) is 1.13. The minimum absolute atomic E-state index is 0.166. The van der Waals surface area contributed by atoms with Crippen LogP contribution < -0.4 is 10.6 Å². The summed E-state index contributed by atoms with van der Waals surface area (Å²) in [6, 6.07) is 3.16. The van der Waals surface area contributed by atoms with Crippen LogP contribution in [0.4, 0.5) is 0 Å². The molecule has 0 aliphatic carbocycles. The van der Waals surface area contributed by atoms with Crippen LogP contribution in [0, 0.1) is 0 Å². The molecule has 0 spiro atoms. The number of carbonyl (C=O) groups is 2. The van der Waals surface area contributed by atoms with Crippen molar-refractivity contribution in [1.29, 1.82) is 0 Å². The second kappa shape index (κ2) is 6.70. The summed E-state index contributed by atoms with van der Waals surface area (Å²) in [5.41, 5.74) is 0. The van der Waals surface area contributed by atoms with E-state index in [0.717, 1.165) is 0 Å². The fourth-order valence-electron chi connectivity index (χ4n) is 1.13. The highest BCUT2D eigenvalue weighted by molar-refractivity contribution is 5.91. The topological polar surface area (TPSA) is 91.6 Å². The molecule has 1 rings (SSSR count). The van der Waals surface area contributed by atoms with Crippen molar-refractivity contribution in [3.8, 4) is 0 Å². The minimum Gasteiger partial charge on any atom is -0.459 e. The van der Waals surface area contributed by atoms with Gasteiger partial charge in [-0.2, -0.15) is 0 Å². The van der Waals surface area contributed by atoms with Gasteiger partial charge in [0.15, 0.2) is 5.76 Å². The molecular weight excluding hydrogens is 224 g/mol. The number of amides is 2. The summed E-state index contributed by atoms with van der Waals surface area (Å²) in [6.45, 7) is 2.02. The summed E-state index contributed by atoms with van der Waals surface area (Å²) in [5.74, 6) is -0.349. The third-order valence-corrected chi connectivity index (χ3v) is 1.98. The number of furan rings is 1. The van der Waals surface area contributed by atoms with E-state index in [9.17, 15) is 9.59 Å². The van der Waals surface area contributed by atoms with Gasteiger partial charge in [0.25, 0.3) is 5.91 Å². The highest BCUT2D eigenvalue weighted by atomic mass is 16.3. The summed E-state index contributed by atoms with van der Waals surface area (Å²) >= 11 is 0. The van der Waals surface area contributed by atoms with Crippen molar-refractivity contribution in [2.75, 3.05) is 13.1 Å². The maximum Gasteiger partial charge on any atom is 0.286 e. The highest BCUT2D eigenvalue weighted by Crippen LogP contribution is 1.98. The molecule has 1 aromatic rings. The molecule has 17 heavy (non-hydrogen) atoms. The average molecular weight is 240 g/mol. The maximum atomic E-state index is 11.4. The molecule has 94 valence electrons. The Morgan fingerprint density at radius 3 is 2.82 bits per heavy atom. The second-order valence-electron chi connectivity index (χ2n) is 3.64. The van der Waals surface area contributed by atoms with Crippen LogP contribution in [0.1, 0.15) is 23.9 Å². The Hall–Kier alpha value is -1.82. The first kappa shape index (κ1) is 13.2. The van der Waals surface area contributed by atoms with E-state index in [1.54, 1.807) is 19.1 Å². The lowest BCUT2D eigenvalue weighted by molar-refractivity contribution is -0.121. The molecule has 1 aromatic heterocycles. The number of nitrogens with one attached hydrogen (secondary N) is 2. The molecule has 6 heteroatoms. The Kier molecular flexibility index (Phi) is 5.22. The third-order valence-electron chi connectivity index (χ3n) is 1.98. The van der Waals surface area contributed by atoms with E-state index in [1.165, 1.54) is 6.26 Å². The van der Waals surface area contributed by atoms with E-state index in [0.29, 0.717) is 0 Å². The number of rotatable bonds is 6. The number of hydrogen-bond donors (Lipinski definition) is 3. The van der Waals surface area contributed by atoms with Crippen LogP contribution in [-0.2, 0) is 4.79 Å². The standard InChI is InChI=1S/C11H16N2O4/c1-8(14)7-13-10(15)4-5-12-11(16)9-3-2-6-17-9/h2-3,6,8,14H,4-5,7H2,1H3,(H,12,16)(H,13,15). The molecule has 0 fully saturated rings. The SMILES string of the molecule is CC(O)CNC(=O)CCNC(=O)c1ccco1. The van der Waals surface area contributed by atoms with Gasteiger partial charge >= 0.3 is 0 Å². The van der Waals surface area contributed by atoms with Gasteiger partial charge in [-0.3, -0.25) is 9.59 Å². The lowest BCUT2D eigenvalue weighted by Gasteiger charge is -2.07. The molecule has 2 amide bonds. The van der Waals surface area contributed by atoms with Gasteiger partial charge in [0.1, 0.15) is 0 Å². The molecule has 6 nitrogen and oxygen atoms in total. The van der Waals surface area contributed by atoms with E-state index < -0.39 is 6.10 Å². The van der Waals surface area contributed by atoms with Crippen molar-refractivity contribution in [2.45, 2.75) is 19.4 Å². The van der Waals surface area contributed by atoms with Gasteiger partial charge in [0, 0.05) is 19.5 Å². The van der Waals surface area contributed by atoms with Gasteiger partial charge in [-0.1, -0.05) is 0 Å². The van der Waals surface area contributed by atoms with Gasteiger partial charge in [-0.15, -0.1) is 0 Å². The molecule has 0 radical (unpaired) electrons. The third kappa shape index (κ3) is 5.17. The minimum atomic E-state index is -0.573. The largest absolute Gasteiger partial charge is 0.459 e. The van der Waals surface area contributed by atoms with Crippen LogP contribution in [-0.4, -0.2) is 36.1 Å². The van der Waals surface area contributed by atoms with Crippen molar-refractivity contribution < 1.29 is 19.1 Å². The Morgan fingerprint density at radius 2 is 2.24 bits per heavy atom. The average Bonchev–Trinajstić information content (AvgIpc) is 2.79. The molecule has 1 atom stereocenters. The van der Waals surface area contributed by atoms with E-state index >= 15 is 0 Å². The zero-order valence-corrected chi connectivity index (χ0v) is 9.60. The summed E-state index contributed by atoms with van der Waals surface area (Å²) in [7, 11) is 0. The Balaban J connectivity index is 2.15. The lowest BCUT2D eigenvalue weighted by atomic mass is 10.3. The van der Waals surface area contributed by atoms with E-state index in [2.05, 4.69) is 10.6 Å². The lowest BCUT2D eigenvalue weighted by Crippen LogP contribution is -2.34.